The second-order valence-corrected chi connectivity index (χ2v) is 6.84. The van der Waals surface area contributed by atoms with Gasteiger partial charge in [0.2, 0.25) is 0 Å². The number of nitrogens with zero attached hydrogens (tertiary/aromatic N) is 2. The molecule has 4 rings (SSSR count). The predicted molar refractivity (Wildman–Crippen MR) is 116 cm³/mol. The minimum Gasteiger partial charge on any atom is -0.375 e. The fraction of sp³-hybridized carbons (Fsp3) is 0.130. The van der Waals surface area contributed by atoms with Gasteiger partial charge in [-0.2, -0.15) is 4.99 Å². The number of carbonyl (C=O) groups excluding carboxylic acids is 1. The molecule has 4 aromatic rings. The number of guanidine groups is 1. The maximum atomic E-state index is 12.3. The number of benzene rings is 3. The van der Waals surface area contributed by atoms with Gasteiger partial charge in [-0.15, -0.1) is 0 Å². The largest absolute Gasteiger partial charge is 0.375 e. The van der Waals surface area contributed by atoms with E-state index >= 15 is 0 Å². The molecule has 6 heteroatoms. The van der Waals surface area contributed by atoms with E-state index in [9.17, 15) is 4.79 Å². The van der Waals surface area contributed by atoms with Crippen molar-refractivity contribution < 1.29 is 9.53 Å². The lowest BCUT2D eigenvalue weighted by Gasteiger charge is -2.18. The third-order valence-corrected chi connectivity index (χ3v) is 5.06. The van der Waals surface area contributed by atoms with Gasteiger partial charge in [0.15, 0.2) is 5.96 Å². The molecular weight excluding hydrogens is 364 g/mol. The Morgan fingerprint density at radius 3 is 2.38 bits per heavy atom. The molecule has 3 aromatic carbocycles. The van der Waals surface area contributed by atoms with Gasteiger partial charge in [-0.25, -0.2) is 0 Å². The predicted octanol–water partition coefficient (Wildman–Crippen LogP) is 3.60. The highest BCUT2D eigenvalue weighted by Crippen LogP contribution is 2.32. The van der Waals surface area contributed by atoms with Crippen molar-refractivity contribution >= 4 is 33.7 Å². The summed E-state index contributed by atoms with van der Waals surface area (Å²) in [6.45, 7) is 0.602. The van der Waals surface area contributed by atoms with Gasteiger partial charge in [0.05, 0.1) is 12.6 Å². The molecule has 1 atom stereocenters. The van der Waals surface area contributed by atoms with Crippen LogP contribution in [0, 0.1) is 0 Å². The molecule has 0 saturated carbocycles. The van der Waals surface area contributed by atoms with Crippen LogP contribution in [-0.4, -0.2) is 23.5 Å². The van der Waals surface area contributed by atoms with E-state index in [2.05, 4.69) is 33.8 Å². The Labute approximate surface area is 168 Å². The molecule has 0 saturated heterocycles. The van der Waals surface area contributed by atoms with Crippen LogP contribution in [0.4, 0.5) is 0 Å². The van der Waals surface area contributed by atoms with Crippen LogP contribution < -0.4 is 11.5 Å². The highest BCUT2D eigenvalue weighted by molar-refractivity contribution is 6.11. The number of methoxy groups -OCH3 is 1. The first-order chi connectivity index (χ1) is 14.1. The summed E-state index contributed by atoms with van der Waals surface area (Å²) in [4.78, 5) is 16.0. The van der Waals surface area contributed by atoms with Crippen LogP contribution in [0.25, 0.3) is 21.8 Å². The molecule has 0 bridgehead atoms. The fourth-order valence-corrected chi connectivity index (χ4v) is 3.71. The third-order valence-electron chi connectivity index (χ3n) is 5.06. The van der Waals surface area contributed by atoms with Crippen molar-refractivity contribution in [2.45, 2.75) is 12.6 Å². The minimum absolute atomic E-state index is 0.132. The fourth-order valence-electron chi connectivity index (χ4n) is 3.71. The molecule has 1 unspecified atom stereocenters. The number of hydrogen-bond donors (Lipinski definition) is 2. The van der Waals surface area contributed by atoms with E-state index in [4.69, 9.17) is 16.2 Å². The van der Waals surface area contributed by atoms with E-state index in [-0.39, 0.29) is 12.1 Å². The smallest absolute Gasteiger partial charge is 0.280 e. The zero-order valence-corrected chi connectivity index (χ0v) is 16.1. The number of carbonyl (C=O) groups is 1. The second-order valence-electron chi connectivity index (χ2n) is 6.84. The molecule has 1 heterocycles. The Morgan fingerprint density at radius 1 is 0.966 bits per heavy atom. The van der Waals surface area contributed by atoms with Crippen molar-refractivity contribution in [3.63, 3.8) is 0 Å². The quantitative estimate of drug-likeness (QED) is 0.405. The van der Waals surface area contributed by atoms with Gasteiger partial charge >= 0.3 is 0 Å². The first kappa shape index (κ1) is 18.7. The average molecular weight is 386 g/mol. The van der Waals surface area contributed by atoms with E-state index in [0.29, 0.717) is 12.1 Å². The number of aliphatic imine (C=N–C) groups is 1. The van der Waals surface area contributed by atoms with Crippen molar-refractivity contribution in [1.29, 1.82) is 0 Å². The van der Waals surface area contributed by atoms with Crippen LogP contribution in [-0.2, 0) is 11.3 Å². The van der Waals surface area contributed by atoms with Crippen molar-refractivity contribution in [2.75, 3.05) is 7.11 Å². The minimum atomic E-state index is -0.463. The number of ether oxygens (including phenoxy) is 1. The van der Waals surface area contributed by atoms with Crippen molar-refractivity contribution in [3.05, 3.63) is 83.9 Å². The van der Waals surface area contributed by atoms with E-state index in [1.54, 1.807) is 13.2 Å². The van der Waals surface area contributed by atoms with Crippen molar-refractivity contribution in [3.8, 4) is 0 Å². The molecule has 0 aliphatic rings. The summed E-state index contributed by atoms with van der Waals surface area (Å²) in [5.74, 6) is -0.714. The summed E-state index contributed by atoms with van der Waals surface area (Å²) in [5, 5.41) is 2.18. The maximum Gasteiger partial charge on any atom is 0.280 e. The summed E-state index contributed by atoms with van der Waals surface area (Å²) in [6.07, 6.45) is -0.132. The second kappa shape index (κ2) is 7.77. The highest BCUT2D eigenvalue weighted by Gasteiger charge is 2.17. The molecule has 29 heavy (non-hydrogen) atoms. The van der Waals surface area contributed by atoms with Gasteiger partial charge in [0.25, 0.3) is 5.91 Å². The topological polar surface area (TPSA) is 95.6 Å². The van der Waals surface area contributed by atoms with E-state index in [0.717, 1.165) is 27.4 Å². The molecule has 0 aliphatic heterocycles. The number of amides is 1. The number of para-hydroxylation sites is 1. The molecule has 0 spiro atoms. The summed E-state index contributed by atoms with van der Waals surface area (Å²) >= 11 is 0. The lowest BCUT2D eigenvalue weighted by molar-refractivity contribution is 0.0899. The zero-order valence-electron chi connectivity index (χ0n) is 16.1. The first-order valence-corrected chi connectivity index (χ1v) is 9.31. The average Bonchev–Trinajstić information content (AvgIpc) is 3.05. The summed E-state index contributed by atoms with van der Waals surface area (Å²) < 4.78 is 7.97. The number of hydrogen-bond acceptors (Lipinski definition) is 2. The summed E-state index contributed by atoms with van der Waals surface area (Å²) in [6, 6.07) is 23.8. The van der Waals surface area contributed by atoms with E-state index in [1.165, 1.54) is 0 Å². The molecule has 4 N–H and O–H groups in total. The van der Waals surface area contributed by atoms with Gasteiger partial charge in [0.1, 0.15) is 0 Å². The number of nitrogens with two attached hydrogens (primary N) is 2. The summed E-state index contributed by atoms with van der Waals surface area (Å²) in [7, 11) is 1.71. The zero-order chi connectivity index (χ0) is 20.4. The third kappa shape index (κ3) is 3.58. The Hall–Kier alpha value is -3.64. The van der Waals surface area contributed by atoms with E-state index in [1.807, 2.05) is 42.5 Å². The molecule has 146 valence electrons. The molecule has 0 radical (unpaired) electrons. The lowest BCUT2D eigenvalue weighted by Crippen LogP contribution is -2.24. The number of fused-ring (bicyclic) bond motifs is 3. The standard InChI is InChI=1S/C23H22N4O2/c1-29-21(15-7-3-2-4-8-15)14-27-19-10-6-5-9-17(19)18-12-11-16(13-20(18)27)22(28)26-23(24)25/h2-13,21H,14H2,1H3,(H4,24,25,26,28). The SMILES string of the molecule is COC(Cn1c2ccccc2c2ccc(C(=O)N=C(N)N)cc21)c1ccccc1. The maximum absolute atomic E-state index is 12.3. The Balaban J connectivity index is 1.88. The molecule has 0 aliphatic carbocycles. The van der Waals surface area contributed by atoms with Crippen molar-refractivity contribution in [1.82, 2.24) is 4.57 Å². The molecular formula is C23H22N4O2. The Morgan fingerprint density at radius 2 is 1.66 bits per heavy atom. The van der Waals surface area contributed by atoms with Crippen LogP contribution in [0.2, 0.25) is 0 Å². The lowest BCUT2D eigenvalue weighted by atomic mass is 10.1. The van der Waals surface area contributed by atoms with Crippen LogP contribution in [0.3, 0.4) is 0 Å². The highest BCUT2D eigenvalue weighted by atomic mass is 16.5. The van der Waals surface area contributed by atoms with Gasteiger partial charge in [-0.05, 0) is 23.8 Å². The van der Waals surface area contributed by atoms with Crippen molar-refractivity contribution in [2.24, 2.45) is 16.5 Å². The molecule has 0 fully saturated rings. The normalized spacial score (nSPS) is 12.2. The van der Waals surface area contributed by atoms with Gasteiger partial charge < -0.3 is 20.8 Å². The van der Waals surface area contributed by atoms with Gasteiger partial charge in [-0.1, -0.05) is 54.6 Å². The Kier molecular flexibility index (Phi) is 5.01. The van der Waals surface area contributed by atoms with Gasteiger partial charge in [0, 0.05) is 34.5 Å². The Bertz CT molecular complexity index is 1210. The van der Waals surface area contributed by atoms with Crippen LogP contribution in [0.5, 0.6) is 0 Å². The molecule has 6 nitrogen and oxygen atoms in total. The van der Waals surface area contributed by atoms with Crippen LogP contribution in [0.15, 0.2) is 77.8 Å². The number of rotatable bonds is 5. The summed E-state index contributed by atoms with van der Waals surface area (Å²) in [5.41, 5.74) is 14.3. The monoisotopic (exact) mass is 386 g/mol. The first-order valence-electron chi connectivity index (χ1n) is 9.31. The number of aromatic nitrogens is 1. The molecule has 1 amide bonds. The molecule has 1 aromatic heterocycles. The van der Waals surface area contributed by atoms with E-state index < -0.39 is 5.91 Å². The van der Waals surface area contributed by atoms with Crippen LogP contribution >= 0.6 is 0 Å². The van der Waals surface area contributed by atoms with Crippen LogP contribution in [0.1, 0.15) is 22.0 Å². The van der Waals surface area contributed by atoms with Gasteiger partial charge in [-0.3, -0.25) is 4.79 Å².